The maximum atomic E-state index is 4.72. The van der Waals surface area contributed by atoms with Crippen molar-refractivity contribution in [3.8, 4) is 0 Å². The molecule has 0 unspecified atom stereocenters. The highest BCUT2D eigenvalue weighted by molar-refractivity contribution is 7.41. The van der Waals surface area contributed by atoms with E-state index in [1.807, 2.05) is 0 Å². The lowest BCUT2D eigenvalue weighted by molar-refractivity contribution is -0.264. The van der Waals surface area contributed by atoms with Gasteiger partial charge in [-0.3, -0.25) is 0 Å². The Morgan fingerprint density at radius 1 is 1.00 bits per heavy atom. The third-order valence-electron chi connectivity index (χ3n) is 0.612. The molecule has 0 fully saturated rings. The molecule has 0 N–H and O–H groups in total. The molecule has 0 spiro atoms. The Labute approximate surface area is 67.4 Å². The fraction of sp³-hybridized carbons (Fsp3) is 1.00. The third kappa shape index (κ3) is 6.62. The summed E-state index contributed by atoms with van der Waals surface area (Å²) in [4.78, 5) is 9.16. The highest BCUT2D eigenvalue weighted by atomic mass is 31.2. The molecule has 11 heavy (non-hydrogen) atoms. The minimum atomic E-state index is -1.51. The van der Waals surface area contributed by atoms with E-state index in [2.05, 4.69) is 19.1 Å². The summed E-state index contributed by atoms with van der Waals surface area (Å²) in [6.45, 7) is 4.48. The Hall–Kier alpha value is 0.230. The monoisotopic (exact) mass is 184 g/mol. The van der Waals surface area contributed by atoms with Crippen LogP contribution < -0.4 is 0 Å². The first-order valence-corrected chi connectivity index (χ1v) is 4.38. The molecule has 0 rings (SSSR count). The summed E-state index contributed by atoms with van der Waals surface area (Å²) in [5.74, 6) is 0. The molecule has 68 valence electrons. The lowest BCUT2D eigenvalue weighted by Gasteiger charge is -2.09. The van der Waals surface area contributed by atoms with Gasteiger partial charge in [-0.25, -0.2) is 9.78 Å². The van der Waals surface area contributed by atoms with Gasteiger partial charge in [0.2, 0.25) is 0 Å². The van der Waals surface area contributed by atoms with Gasteiger partial charge >= 0.3 is 8.60 Å². The van der Waals surface area contributed by atoms with E-state index in [0.717, 1.165) is 0 Å². The van der Waals surface area contributed by atoms with Crippen LogP contribution in [-0.4, -0.2) is 20.3 Å². The molecule has 0 saturated carbocycles. The summed E-state index contributed by atoms with van der Waals surface area (Å²) in [6.07, 6.45) is 0. The summed E-state index contributed by atoms with van der Waals surface area (Å²) in [5.41, 5.74) is 0. The average molecular weight is 184 g/mol. The molecule has 0 aliphatic heterocycles. The molecule has 0 bridgehead atoms. The van der Waals surface area contributed by atoms with Gasteiger partial charge in [0.1, 0.15) is 0 Å². The molecule has 0 atom stereocenters. The summed E-state index contributed by atoms with van der Waals surface area (Å²) in [5, 5.41) is 0. The standard InChI is InChI=1S/C5H13O5P/c1-4-7-9-11(6-3)10-8-5-2/h4-5H2,1-3H3. The van der Waals surface area contributed by atoms with Crippen LogP contribution >= 0.6 is 8.60 Å². The lowest BCUT2D eigenvalue weighted by Crippen LogP contribution is -1.95. The van der Waals surface area contributed by atoms with Crippen molar-refractivity contribution < 1.29 is 23.6 Å². The molecule has 0 amide bonds. The zero-order valence-electron chi connectivity index (χ0n) is 6.90. The van der Waals surface area contributed by atoms with Crippen LogP contribution in [0.4, 0.5) is 0 Å². The highest BCUT2D eigenvalue weighted by Crippen LogP contribution is 2.38. The Kier molecular flexibility index (Phi) is 8.50. The lowest BCUT2D eigenvalue weighted by atomic mass is 10.9. The SMILES string of the molecule is CCOOP(OC)OOCC. The normalized spacial score (nSPS) is 10.9. The van der Waals surface area contributed by atoms with Crippen LogP contribution in [0.1, 0.15) is 13.8 Å². The van der Waals surface area contributed by atoms with E-state index in [9.17, 15) is 0 Å². The fourth-order valence-corrected chi connectivity index (χ4v) is 0.794. The summed E-state index contributed by atoms with van der Waals surface area (Å²) >= 11 is 0. The molecular weight excluding hydrogens is 171 g/mol. The second-order valence-corrected chi connectivity index (χ2v) is 2.48. The van der Waals surface area contributed by atoms with Gasteiger partial charge in [0.15, 0.2) is 0 Å². The van der Waals surface area contributed by atoms with Crippen LogP contribution in [0.3, 0.4) is 0 Å². The Bertz CT molecular complexity index is 73.3. The van der Waals surface area contributed by atoms with Crippen LogP contribution in [-0.2, 0) is 23.6 Å². The zero-order valence-corrected chi connectivity index (χ0v) is 7.80. The zero-order chi connectivity index (χ0) is 8.53. The smallest absolute Gasteiger partial charge is 0.312 e. The second-order valence-electron chi connectivity index (χ2n) is 1.37. The molecule has 0 saturated heterocycles. The van der Waals surface area contributed by atoms with E-state index in [4.69, 9.17) is 4.52 Å². The largest absolute Gasteiger partial charge is 0.391 e. The minimum Gasteiger partial charge on any atom is -0.312 e. The summed E-state index contributed by atoms with van der Waals surface area (Å²) in [7, 11) is -0.0665. The maximum absolute atomic E-state index is 4.72. The van der Waals surface area contributed by atoms with Crippen molar-refractivity contribution in [2.75, 3.05) is 20.3 Å². The number of rotatable bonds is 7. The van der Waals surface area contributed by atoms with E-state index >= 15 is 0 Å². The predicted molar refractivity (Wildman–Crippen MR) is 39.4 cm³/mol. The average Bonchev–Trinajstić information content (AvgIpc) is 2.05. The topological polar surface area (TPSA) is 46.2 Å². The Morgan fingerprint density at radius 3 is 1.73 bits per heavy atom. The van der Waals surface area contributed by atoms with Crippen molar-refractivity contribution in [3.05, 3.63) is 0 Å². The molecule has 5 nitrogen and oxygen atoms in total. The molecule has 0 aromatic rings. The third-order valence-corrected chi connectivity index (χ3v) is 1.36. The first-order chi connectivity index (χ1) is 5.35. The van der Waals surface area contributed by atoms with Gasteiger partial charge in [0.05, 0.1) is 13.2 Å². The van der Waals surface area contributed by atoms with Gasteiger partial charge in [-0.15, -0.1) is 0 Å². The second kappa shape index (κ2) is 8.33. The summed E-state index contributed by atoms with van der Waals surface area (Å²) in [6, 6.07) is 0. The number of hydrogen-bond acceptors (Lipinski definition) is 5. The molecule has 0 aliphatic carbocycles. The Morgan fingerprint density at radius 2 is 1.45 bits per heavy atom. The fourth-order valence-electron chi connectivity index (χ4n) is 0.265. The van der Waals surface area contributed by atoms with Gasteiger partial charge in [0, 0.05) is 7.11 Å². The van der Waals surface area contributed by atoms with E-state index in [1.54, 1.807) is 13.8 Å². The molecule has 6 heteroatoms. The quantitative estimate of drug-likeness (QED) is 0.343. The summed E-state index contributed by atoms with van der Waals surface area (Å²) < 4.78 is 14.0. The van der Waals surface area contributed by atoms with Gasteiger partial charge in [-0.2, -0.15) is 9.35 Å². The van der Waals surface area contributed by atoms with Crippen LogP contribution in [0.5, 0.6) is 0 Å². The van der Waals surface area contributed by atoms with E-state index in [0.29, 0.717) is 13.2 Å². The van der Waals surface area contributed by atoms with Crippen molar-refractivity contribution in [2.45, 2.75) is 13.8 Å². The van der Waals surface area contributed by atoms with Crippen molar-refractivity contribution in [1.29, 1.82) is 0 Å². The van der Waals surface area contributed by atoms with Crippen molar-refractivity contribution in [3.63, 3.8) is 0 Å². The predicted octanol–water partition coefficient (Wildman–Crippen LogP) is 1.80. The molecule has 0 aromatic carbocycles. The van der Waals surface area contributed by atoms with Crippen LogP contribution in [0.25, 0.3) is 0 Å². The van der Waals surface area contributed by atoms with Crippen LogP contribution in [0.15, 0.2) is 0 Å². The van der Waals surface area contributed by atoms with Gasteiger partial charge in [0.25, 0.3) is 0 Å². The highest BCUT2D eigenvalue weighted by Gasteiger charge is 2.11. The van der Waals surface area contributed by atoms with E-state index in [-0.39, 0.29) is 0 Å². The minimum absolute atomic E-state index is 0.442. The van der Waals surface area contributed by atoms with Crippen LogP contribution in [0, 0.1) is 0 Å². The Balaban J connectivity index is 3.25. The first kappa shape index (κ1) is 11.2. The van der Waals surface area contributed by atoms with Gasteiger partial charge in [-0.1, -0.05) is 0 Å². The van der Waals surface area contributed by atoms with Gasteiger partial charge in [-0.05, 0) is 13.8 Å². The number of hydrogen-bond donors (Lipinski definition) is 0. The molecular formula is C5H13O5P. The first-order valence-electron chi connectivity index (χ1n) is 3.28. The van der Waals surface area contributed by atoms with E-state index in [1.165, 1.54) is 7.11 Å². The molecule has 0 heterocycles. The van der Waals surface area contributed by atoms with Crippen molar-refractivity contribution >= 4 is 8.60 Å². The van der Waals surface area contributed by atoms with Crippen molar-refractivity contribution in [2.24, 2.45) is 0 Å². The molecule has 0 aromatic heterocycles. The van der Waals surface area contributed by atoms with Crippen molar-refractivity contribution in [1.82, 2.24) is 0 Å². The molecule has 0 radical (unpaired) electrons. The van der Waals surface area contributed by atoms with Gasteiger partial charge < -0.3 is 4.52 Å². The van der Waals surface area contributed by atoms with E-state index < -0.39 is 8.60 Å². The maximum Gasteiger partial charge on any atom is 0.391 e. The molecule has 0 aliphatic rings. The van der Waals surface area contributed by atoms with Crippen LogP contribution in [0.2, 0.25) is 0 Å².